The highest BCUT2D eigenvalue weighted by atomic mass is 32.2. The number of ether oxygens (including phenoxy) is 1. The number of carbonyl (C=O) groups is 2. The van der Waals surface area contributed by atoms with E-state index in [9.17, 15) is 18.0 Å². The van der Waals surface area contributed by atoms with Gasteiger partial charge in [0.1, 0.15) is 0 Å². The number of anilines is 1. The van der Waals surface area contributed by atoms with Crippen molar-refractivity contribution in [2.24, 2.45) is 7.05 Å². The summed E-state index contributed by atoms with van der Waals surface area (Å²) in [5.74, 6) is -0.967. The van der Waals surface area contributed by atoms with E-state index in [1.807, 2.05) is 25.5 Å². The average molecular weight is 488 g/mol. The molecule has 9 heteroatoms. The van der Waals surface area contributed by atoms with E-state index < -0.39 is 22.6 Å². The van der Waals surface area contributed by atoms with Gasteiger partial charge in [-0.05, 0) is 63.8 Å². The van der Waals surface area contributed by atoms with Crippen molar-refractivity contribution < 1.29 is 22.7 Å². The van der Waals surface area contributed by atoms with E-state index in [4.69, 9.17) is 4.74 Å². The first-order valence-electron chi connectivity index (χ1n) is 11.9. The van der Waals surface area contributed by atoms with Crippen molar-refractivity contribution in [1.82, 2.24) is 8.87 Å². The third kappa shape index (κ3) is 4.77. The number of sulfonamides is 1. The predicted molar refractivity (Wildman–Crippen MR) is 130 cm³/mol. The zero-order chi connectivity index (χ0) is 24.5. The molecule has 0 radical (unpaired) electrons. The summed E-state index contributed by atoms with van der Waals surface area (Å²) in [5.41, 5.74) is 3.12. The van der Waals surface area contributed by atoms with Gasteiger partial charge in [0.15, 0.2) is 6.61 Å². The lowest BCUT2D eigenvalue weighted by Crippen LogP contribution is -2.35. The van der Waals surface area contributed by atoms with Crippen LogP contribution in [0, 0.1) is 13.8 Å². The molecule has 0 unspecified atom stereocenters. The highest BCUT2D eigenvalue weighted by Gasteiger charge is 2.29. The lowest BCUT2D eigenvalue weighted by Gasteiger charge is -2.27. The fraction of sp³-hybridized carbons (Fsp3) is 0.520. The molecule has 1 aromatic heterocycles. The molecule has 2 saturated heterocycles. The number of benzene rings is 1. The summed E-state index contributed by atoms with van der Waals surface area (Å²) in [5, 5.41) is 0. The number of Topliss-reactive ketones (excluding diaryl/α,β-unsaturated/α-hetero) is 1. The Morgan fingerprint density at radius 3 is 2.18 bits per heavy atom. The van der Waals surface area contributed by atoms with Crippen LogP contribution in [0.5, 0.6) is 0 Å². The van der Waals surface area contributed by atoms with Gasteiger partial charge in [-0.2, -0.15) is 4.31 Å². The first-order valence-corrected chi connectivity index (χ1v) is 13.4. The Kier molecular flexibility index (Phi) is 7.14. The van der Waals surface area contributed by atoms with E-state index in [0.717, 1.165) is 56.6 Å². The summed E-state index contributed by atoms with van der Waals surface area (Å²) in [4.78, 5) is 28.1. The van der Waals surface area contributed by atoms with Crippen molar-refractivity contribution in [3.05, 3.63) is 46.8 Å². The van der Waals surface area contributed by atoms with E-state index in [0.29, 0.717) is 24.3 Å². The van der Waals surface area contributed by atoms with Crippen molar-refractivity contribution in [3.63, 3.8) is 0 Å². The Morgan fingerprint density at radius 1 is 0.912 bits per heavy atom. The van der Waals surface area contributed by atoms with Crippen LogP contribution in [0.15, 0.2) is 29.2 Å². The second-order valence-electron chi connectivity index (χ2n) is 9.18. The average Bonchev–Trinajstić information content (AvgIpc) is 3.47. The minimum atomic E-state index is -3.70. The summed E-state index contributed by atoms with van der Waals surface area (Å²) in [6.07, 6.45) is 4.70. The highest BCUT2D eigenvalue weighted by molar-refractivity contribution is 7.89. The molecule has 0 atom stereocenters. The molecule has 2 aliphatic rings. The number of hydrogen-bond donors (Lipinski definition) is 0. The smallest absolute Gasteiger partial charge is 0.340 e. The van der Waals surface area contributed by atoms with Crippen molar-refractivity contribution in [3.8, 4) is 0 Å². The van der Waals surface area contributed by atoms with Gasteiger partial charge in [-0.3, -0.25) is 4.79 Å². The lowest BCUT2D eigenvalue weighted by molar-refractivity contribution is 0.0475. The quantitative estimate of drug-likeness (QED) is 0.439. The third-order valence-electron chi connectivity index (χ3n) is 7.00. The molecule has 0 aliphatic carbocycles. The minimum absolute atomic E-state index is 0.0881. The SMILES string of the molecule is Cc1cc(C(=O)COC(=O)c2cc(S(=O)(=O)N3CCCCC3)ccc2N2CCCC2)c(C)n1C. The number of hydrogen-bond acceptors (Lipinski definition) is 6. The largest absolute Gasteiger partial charge is 0.454 e. The van der Waals surface area contributed by atoms with Crippen LogP contribution in [0.4, 0.5) is 5.69 Å². The molecule has 0 bridgehead atoms. The number of rotatable bonds is 7. The molecule has 34 heavy (non-hydrogen) atoms. The van der Waals surface area contributed by atoms with Gasteiger partial charge in [0.05, 0.1) is 16.1 Å². The van der Waals surface area contributed by atoms with Gasteiger partial charge in [-0.1, -0.05) is 6.42 Å². The number of piperidine rings is 1. The Bertz CT molecular complexity index is 1190. The molecule has 0 saturated carbocycles. The zero-order valence-corrected chi connectivity index (χ0v) is 21.0. The van der Waals surface area contributed by atoms with Crippen LogP contribution >= 0.6 is 0 Å². The molecule has 0 amide bonds. The number of esters is 1. The van der Waals surface area contributed by atoms with Crippen molar-refractivity contribution in [1.29, 1.82) is 0 Å². The third-order valence-corrected chi connectivity index (χ3v) is 8.89. The number of carbonyl (C=O) groups excluding carboxylic acids is 2. The molecule has 8 nitrogen and oxygen atoms in total. The van der Waals surface area contributed by atoms with Crippen molar-refractivity contribution >= 4 is 27.5 Å². The maximum atomic E-state index is 13.2. The van der Waals surface area contributed by atoms with E-state index in [-0.39, 0.29) is 16.2 Å². The van der Waals surface area contributed by atoms with E-state index >= 15 is 0 Å². The fourth-order valence-corrected chi connectivity index (χ4v) is 6.30. The molecule has 3 heterocycles. The Hall–Kier alpha value is -2.65. The highest BCUT2D eigenvalue weighted by Crippen LogP contribution is 2.30. The molecule has 184 valence electrons. The van der Waals surface area contributed by atoms with Crippen LogP contribution < -0.4 is 4.90 Å². The minimum Gasteiger partial charge on any atom is -0.454 e. The topological polar surface area (TPSA) is 88.9 Å². The summed E-state index contributed by atoms with van der Waals surface area (Å²) >= 11 is 0. The van der Waals surface area contributed by atoms with Gasteiger partial charge in [0, 0.05) is 50.2 Å². The van der Waals surface area contributed by atoms with E-state index in [1.54, 1.807) is 18.2 Å². The van der Waals surface area contributed by atoms with Crippen molar-refractivity contribution in [2.45, 2.75) is 50.8 Å². The summed E-state index contributed by atoms with van der Waals surface area (Å²) in [6.45, 7) is 5.92. The summed E-state index contributed by atoms with van der Waals surface area (Å²) in [7, 11) is -1.82. The van der Waals surface area contributed by atoms with Gasteiger partial charge in [0.2, 0.25) is 15.8 Å². The number of aryl methyl sites for hydroxylation is 1. The van der Waals surface area contributed by atoms with Gasteiger partial charge in [-0.25, -0.2) is 13.2 Å². The van der Waals surface area contributed by atoms with Crippen molar-refractivity contribution in [2.75, 3.05) is 37.7 Å². The Labute approximate surface area is 201 Å². The van der Waals surface area contributed by atoms with Gasteiger partial charge < -0.3 is 14.2 Å². The Morgan fingerprint density at radius 2 is 1.56 bits per heavy atom. The molecule has 4 rings (SSSR count). The second kappa shape index (κ2) is 9.92. The van der Waals surface area contributed by atoms with Crippen LogP contribution in [0.25, 0.3) is 0 Å². The van der Waals surface area contributed by atoms with Gasteiger partial charge >= 0.3 is 5.97 Å². The molecule has 2 aromatic rings. The fourth-order valence-electron chi connectivity index (χ4n) is 4.75. The lowest BCUT2D eigenvalue weighted by atomic mass is 10.1. The maximum Gasteiger partial charge on any atom is 0.340 e. The first-order chi connectivity index (χ1) is 16.2. The molecular formula is C25H33N3O5S. The summed E-state index contributed by atoms with van der Waals surface area (Å²) in [6, 6.07) is 6.48. The van der Waals surface area contributed by atoms with E-state index in [1.165, 1.54) is 10.4 Å². The van der Waals surface area contributed by atoms with Crippen LogP contribution in [-0.2, 0) is 21.8 Å². The maximum absolute atomic E-state index is 13.2. The van der Waals surface area contributed by atoms with E-state index in [2.05, 4.69) is 4.90 Å². The standard InChI is InChI=1S/C25H33N3O5S/c1-18-15-21(19(2)26(18)3)24(29)17-33-25(30)22-16-20(9-10-23(22)27-11-7-8-12-27)34(31,32)28-13-5-4-6-14-28/h9-10,15-16H,4-8,11-14,17H2,1-3H3. The monoisotopic (exact) mass is 487 g/mol. The molecule has 0 spiro atoms. The van der Waals surface area contributed by atoms with Gasteiger partial charge in [-0.15, -0.1) is 0 Å². The molecule has 0 N–H and O–H groups in total. The number of nitrogens with zero attached hydrogens (tertiary/aromatic N) is 3. The normalized spacial score (nSPS) is 17.2. The molecule has 1 aromatic carbocycles. The second-order valence-corrected chi connectivity index (χ2v) is 11.1. The van der Waals surface area contributed by atoms with Crippen LogP contribution in [0.3, 0.4) is 0 Å². The zero-order valence-electron chi connectivity index (χ0n) is 20.2. The first kappa shape index (κ1) is 24.5. The Balaban J connectivity index is 1.60. The molecule has 2 aliphatic heterocycles. The number of ketones is 1. The van der Waals surface area contributed by atoms with Gasteiger partial charge in [0.25, 0.3) is 0 Å². The van der Waals surface area contributed by atoms with Crippen LogP contribution in [0.2, 0.25) is 0 Å². The summed E-state index contributed by atoms with van der Waals surface area (Å²) < 4.78 is 35.3. The molecular weight excluding hydrogens is 454 g/mol. The predicted octanol–water partition coefficient (Wildman–Crippen LogP) is 3.46. The molecule has 2 fully saturated rings. The van der Waals surface area contributed by atoms with Crippen LogP contribution in [0.1, 0.15) is 64.2 Å². The van der Waals surface area contributed by atoms with Crippen LogP contribution in [-0.4, -0.2) is 61.8 Å². The number of aromatic nitrogens is 1.